The maximum atomic E-state index is 12.7. The Hall–Kier alpha value is -2.94. The second-order valence-corrected chi connectivity index (χ2v) is 6.74. The van der Waals surface area contributed by atoms with Crippen molar-refractivity contribution in [2.24, 2.45) is 5.73 Å². The van der Waals surface area contributed by atoms with Gasteiger partial charge in [-0.3, -0.25) is 9.59 Å². The third-order valence-corrected chi connectivity index (χ3v) is 4.88. The zero-order chi connectivity index (χ0) is 17.4. The lowest BCUT2D eigenvalue weighted by Gasteiger charge is -2.10. The highest BCUT2D eigenvalue weighted by Gasteiger charge is 2.54. The quantitative estimate of drug-likeness (QED) is 0.695. The Bertz CT molecular complexity index is 924. The molecular weight excluding hydrogens is 344 g/mol. The fourth-order valence-corrected chi connectivity index (χ4v) is 3.31. The van der Waals surface area contributed by atoms with Gasteiger partial charge in [-0.1, -0.05) is 5.16 Å². The van der Waals surface area contributed by atoms with Crippen LogP contribution in [0.4, 0.5) is 5.13 Å². The summed E-state index contributed by atoms with van der Waals surface area (Å²) in [5.41, 5.74) is 5.56. The summed E-state index contributed by atoms with van der Waals surface area (Å²) in [6, 6.07) is 5.24. The average molecular weight is 358 g/mol. The van der Waals surface area contributed by atoms with Crippen molar-refractivity contribution in [2.45, 2.75) is 24.7 Å². The van der Waals surface area contributed by atoms with E-state index in [-0.39, 0.29) is 12.3 Å². The van der Waals surface area contributed by atoms with E-state index in [1.807, 2.05) is 0 Å². The maximum absolute atomic E-state index is 12.7. The zero-order valence-corrected chi connectivity index (χ0v) is 13.8. The summed E-state index contributed by atoms with van der Waals surface area (Å²) in [4.78, 5) is 27.8. The molecule has 4 rings (SSSR count). The SMILES string of the molecule is NC(=O)Cc1csc(NC(=O)C2(c3cc(-c4ccco4)on3)CC2)n1. The van der Waals surface area contributed by atoms with E-state index in [1.165, 1.54) is 11.3 Å². The van der Waals surface area contributed by atoms with Gasteiger partial charge in [-0.2, -0.15) is 0 Å². The monoisotopic (exact) mass is 358 g/mol. The van der Waals surface area contributed by atoms with Crippen molar-refractivity contribution < 1.29 is 18.5 Å². The molecule has 0 bridgehead atoms. The van der Waals surface area contributed by atoms with Gasteiger partial charge in [0, 0.05) is 11.4 Å². The fourth-order valence-electron chi connectivity index (χ4n) is 2.60. The molecule has 0 saturated heterocycles. The van der Waals surface area contributed by atoms with Gasteiger partial charge in [-0.25, -0.2) is 4.98 Å². The molecule has 128 valence electrons. The van der Waals surface area contributed by atoms with Crippen LogP contribution in [-0.2, 0) is 21.4 Å². The molecule has 3 aromatic rings. The molecule has 3 N–H and O–H groups in total. The van der Waals surface area contributed by atoms with Crippen LogP contribution in [0.2, 0.25) is 0 Å². The highest BCUT2D eigenvalue weighted by Crippen LogP contribution is 2.49. The van der Waals surface area contributed by atoms with Gasteiger partial charge < -0.3 is 20.0 Å². The molecule has 1 aliphatic rings. The summed E-state index contributed by atoms with van der Waals surface area (Å²) in [5, 5.41) is 8.96. The minimum atomic E-state index is -0.705. The Kier molecular flexibility index (Phi) is 3.65. The third kappa shape index (κ3) is 2.93. The predicted molar refractivity (Wildman–Crippen MR) is 88.8 cm³/mol. The smallest absolute Gasteiger partial charge is 0.238 e. The topological polar surface area (TPSA) is 124 Å². The number of furan rings is 1. The van der Waals surface area contributed by atoms with E-state index in [4.69, 9.17) is 14.7 Å². The van der Waals surface area contributed by atoms with Crippen LogP contribution in [0, 0.1) is 0 Å². The summed E-state index contributed by atoms with van der Waals surface area (Å²) in [6.07, 6.45) is 2.96. The largest absolute Gasteiger partial charge is 0.461 e. The number of nitrogens with zero attached hydrogens (tertiary/aromatic N) is 2. The summed E-state index contributed by atoms with van der Waals surface area (Å²) >= 11 is 1.25. The van der Waals surface area contributed by atoms with E-state index in [1.54, 1.807) is 29.8 Å². The fraction of sp³-hybridized carbons (Fsp3) is 0.250. The maximum Gasteiger partial charge on any atom is 0.238 e. The van der Waals surface area contributed by atoms with Crippen molar-refractivity contribution in [2.75, 3.05) is 5.32 Å². The third-order valence-electron chi connectivity index (χ3n) is 4.08. The molecule has 0 atom stereocenters. The van der Waals surface area contributed by atoms with E-state index in [0.717, 1.165) is 0 Å². The first-order valence-electron chi connectivity index (χ1n) is 7.62. The molecule has 8 nitrogen and oxygen atoms in total. The molecule has 0 aromatic carbocycles. The number of thiazole rings is 1. The van der Waals surface area contributed by atoms with Gasteiger partial charge in [0.15, 0.2) is 10.9 Å². The van der Waals surface area contributed by atoms with Crippen molar-refractivity contribution in [1.82, 2.24) is 10.1 Å². The van der Waals surface area contributed by atoms with Gasteiger partial charge in [-0.15, -0.1) is 11.3 Å². The zero-order valence-electron chi connectivity index (χ0n) is 13.0. The van der Waals surface area contributed by atoms with Crippen molar-refractivity contribution >= 4 is 28.3 Å². The molecule has 1 saturated carbocycles. The van der Waals surface area contributed by atoms with E-state index < -0.39 is 11.3 Å². The molecule has 1 aliphatic carbocycles. The lowest BCUT2D eigenvalue weighted by Crippen LogP contribution is -2.28. The van der Waals surface area contributed by atoms with Crippen LogP contribution >= 0.6 is 11.3 Å². The second kappa shape index (κ2) is 5.85. The summed E-state index contributed by atoms with van der Waals surface area (Å²) in [6.45, 7) is 0. The number of nitrogens with one attached hydrogen (secondary N) is 1. The van der Waals surface area contributed by atoms with Gasteiger partial charge in [0.25, 0.3) is 0 Å². The van der Waals surface area contributed by atoms with E-state index in [9.17, 15) is 9.59 Å². The Balaban J connectivity index is 1.50. The molecule has 0 spiro atoms. The van der Waals surface area contributed by atoms with Crippen molar-refractivity contribution in [3.8, 4) is 11.5 Å². The molecule has 0 unspecified atom stereocenters. The number of hydrogen-bond acceptors (Lipinski definition) is 7. The van der Waals surface area contributed by atoms with E-state index in [2.05, 4.69) is 15.5 Å². The van der Waals surface area contributed by atoms with Crippen LogP contribution in [0.5, 0.6) is 0 Å². The molecule has 3 heterocycles. The van der Waals surface area contributed by atoms with Crippen molar-refractivity contribution in [3.05, 3.63) is 41.2 Å². The molecule has 0 radical (unpaired) electrons. The van der Waals surface area contributed by atoms with Crippen molar-refractivity contribution in [1.29, 1.82) is 0 Å². The molecule has 3 aromatic heterocycles. The number of carbonyl (C=O) groups is 2. The first kappa shape index (κ1) is 15.6. The standard InChI is InChI=1S/C16H14N4O4S/c17-13(21)6-9-8-25-15(18-9)19-14(22)16(3-4-16)12-7-11(24-20-12)10-2-1-5-23-10/h1-2,5,7-8H,3-4,6H2,(H2,17,21)(H,18,19,22). The summed E-state index contributed by atoms with van der Waals surface area (Å²) in [5.74, 6) is 0.393. The predicted octanol–water partition coefficient (Wildman–Crippen LogP) is 2.09. The van der Waals surface area contributed by atoms with Crippen LogP contribution in [0.15, 0.2) is 38.8 Å². The Morgan fingerprint density at radius 2 is 2.20 bits per heavy atom. The highest BCUT2D eigenvalue weighted by atomic mass is 32.1. The first-order chi connectivity index (χ1) is 12.1. The molecule has 25 heavy (non-hydrogen) atoms. The Morgan fingerprint density at radius 1 is 1.36 bits per heavy atom. The molecular formula is C16H14N4O4S. The number of amides is 2. The Morgan fingerprint density at radius 3 is 2.88 bits per heavy atom. The first-order valence-corrected chi connectivity index (χ1v) is 8.50. The molecule has 0 aliphatic heterocycles. The average Bonchev–Trinajstić information content (AvgIpc) is 3.01. The van der Waals surface area contributed by atoms with Gasteiger partial charge >= 0.3 is 0 Å². The Labute approximate surface area is 146 Å². The minimum absolute atomic E-state index is 0.0489. The minimum Gasteiger partial charge on any atom is -0.461 e. The van der Waals surface area contributed by atoms with E-state index >= 15 is 0 Å². The van der Waals surface area contributed by atoms with Crippen LogP contribution in [0.25, 0.3) is 11.5 Å². The number of rotatable bonds is 6. The molecule has 1 fully saturated rings. The molecule has 2 amide bonds. The number of anilines is 1. The van der Waals surface area contributed by atoms with Crippen LogP contribution in [0.1, 0.15) is 24.2 Å². The number of carbonyl (C=O) groups excluding carboxylic acids is 2. The van der Waals surface area contributed by atoms with Gasteiger partial charge in [-0.05, 0) is 25.0 Å². The highest BCUT2D eigenvalue weighted by molar-refractivity contribution is 7.14. The van der Waals surface area contributed by atoms with Gasteiger partial charge in [0.2, 0.25) is 17.6 Å². The van der Waals surface area contributed by atoms with Gasteiger partial charge in [0.1, 0.15) is 0 Å². The summed E-state index contributed by atoms with van der Waals surface area (Å²) < 4.78 is 10.6. The van der Waals surface area contributed by atoms with Crippen LogP contribution < -0.4 is 11.1 Å². The number of nitrogens with two attached hydrogens (primary N) is 1. The van der Waals surface area contributed by atoms with Crippen LogP contribution in [0.3, 0.4) is 0 Å². The number of aromatic nitrogens is 2. The van der Waals surface area contributed by atoms with Crippen molar-refractivity contribution in [3.63, 3.8) is 0 Å². The number of hydrogen-bond donors (Lipinski definition) is 2. The van der Waals surface area contributed by atoms with E-state index in [0.29, 0.717) is 40.9 Å². The summed E-state index contributed by atoms with van der Waals surface area (Å²) in [7, 11) is 0. The van der Waals surface area contributed by atoms with Crippen LogP contribution in [-0.4, -0.2) is 22.0 Å². The van der Waals surface area contributed by atoms with Gasteiger partial charge in [0.05, 0.1) is 29.5 Å². The normalized spacial score (nSPS) is 15.0. The molecule has 9 heteroatoms. The number of primary amides is 1. The lowest BCUT2D eigenvalue weighted by atomic mass is 10.0. The lowest BCUT2D eigenvalue weighted by molar-refractivity contribution is -0.119. The second-order valence-electron chi connectivity index (χ2n) is 5.88.